The Hall–Kier alpha value is -1.32. The van der Waals surface area contributed by atoms with Gasteiger partial charge in [-0.2, -0.15) is 8.78 Å². The largest absolute Gasteiger partial charge is 0.435 e. The Bertz CT molecular complexity index is 412. The highest BCUT2D eigenvalue weighted by Crippen LogP contribution is 2.44. The molecule has 0 aromatic heterocycles. The molecule has 1 aliphatic rings. The summed E-state index contributed by atoms with van der Waals surface area (Å²) in [6.45, 7) is 4.52. The highest BCUT2D eigenvalue weighted by Gasteiger charge is 2.32. The van der Waals surface area contributed by atoms with Crippen molar-refractivity contribution in [3.63, 3.8) is 0 Å². The number of hydrogen-bond donors (Lipinski definition) is 1. The molecule has 1 heterocycles. The Kier molecular flexibility index (Phi) is 2.98. The maximum atomic E-state index is 12.2. The van der Waals surface area contributed by atoms with Crippen molar-refractivity contribution in [2.45, 2.75) is 33.3 Å². The lowest BCUT2D eigenvalue weighted by Crippen LogP contribution is -2.19. The molecule has 2 rings (SSSR count). The molecule has 1 N–H and O–H groups in total. The first kappa shape index (κ1) is 12.1. The summed E-state index contributed by atoms with van der Waals surface area (Å²) < 4.78 is 28.8. The van der Waals surface area contributed by atoms with Crippen molar-refractivity contribution in [1.82, 2.24) is 0 Å². The third kappa shape index (κ3) is 2.51. The molecule has 1 unspecified atom stereocenters. The predicted octanol–water partition coefficient (Wildman–Crippen LogP) is 3.84. The Morgan fingerprint density at radius 3 is 2.65 bits per heavy atom. The first-order chi connectivity index (χ1) is 7.88. The van der Waals surface area contributed by atoms with Gasteiger partial charge in [-0.1, -0.05) is 20.8 Å². The molecule has 1 aromatic carbocycles. The van der Waals surface area contributed by atoms with Crippen LogP contribution < -0.4 is 10.1 Å². The van der Waals surface area contributed by atoms with E-state index in [9.17, 15) is 8.78 Å². The molecule has 1 atom stereocenters. The number of ether oxygens (including phenoxy) is 1. The summed E-state index contributed by atoms with van der Waals surface area (Å²) in [5.74, 6) is 0.551. The van der Waals surface area contributed by atoms with E-state index in [1.54, 1.807) is 18.2 Å². The third-order valence-corrected chi connectivity index (χ3v) is 3.17. The van der Waals surface area contributed by atoms with E-state index in [2.05, 4.69) is 30.8 Å². The average Bonchev–Trinajstić information content (AvgIpc) is 2.58. The molecule has 2 nitrogen and oxygen atoms in total. The third-order valence-electron chi connectivity index (χ3n) is 3.17. The molecule has 1 aromatic rings. The maximum absolute atomic E-state index is 12.2. The number of anilines is 1. The van der Waals surface area contributed by atoms with Gasteiger partial charge in [0.1, 0.15) is 5.75 Å². The van der Waals surface area contributed by atoms with Crippen LogP contribution in [0.1, 0.15) is 32.3 Å². The second-order valence-electron chi connectivity index (χ2n) is 5.43. The van der Waals surface area contributed by atoms with Gasteiger partial charge in [0.05, 0.1) is 0 Å². The van der Waals surface area contributed by atoms with Gasteiger partial charge in [-0.05, 0) is 29.2 Å². The molecule has 0 radical (unpaired) electrons. The van der Waals surface area contributed by atoms with E-state index in [1.165, 1.54) is 0 Å². The summed E-state index contributed by atoms with van der Waals surface area (Å²) in [6.07, 6.45) is 0. The van der Waals surface area contributed by atoms with Gasteiger partial charge in [-0.25, -0.2) is 0 Å². The Balaban J connectivity index is 2.31. The topological polar surface area (TPSA) is 21.3 Å². The number of hydrogen-bond acceptors (Lipinski definition) is 2. The fourth-order valence-electron chi connectivity index (χ4n) is 2.26. The van der Waals surface area contributed by atoms with Crippen molar-refractivity contribution >= 4 is 5.69 Å². The summed E-state index contributed by atoms with van der Waals surface area (Å²) >= 11 is 0. The molecule has 0 saturated heterocycles. The number of halogens is 2. The Labute approximate surface area is 100.0 Å². The van der Waals surface area contributed by atoms with Crippen LogP contribution in [0.4, 0.5) is 14.5 Å². The number of fused-ring (bicyclic) bond motifs is 1. The first-order valence-electron chi connectivity index (χ1n) is 5.70. The summed E-state index contributed by atoms with van der Waals surface area (Å²) in [5, 5.41) is 3.29. The van der Waals surface area contributed by atoms with E-state index in [1.807, 2.05) is 0 Å². The molecule has 1 aliphatic heterocycles. The quantitative estimate of drug-likeness (QED) is 0.849. The van der Waals surface area contributed by atoms with Crippen molar-refractivity contribution in [1.29, 1.82) is 0 Å². The van der Waals surface area contributed by atoms with Gasteiger partial charge in [0.25, 0.3) is 0 Å². The Morgan fingerprint density at radius 2 is 2.06 bits per heavy atom. The van der Waals surface area contributed by atoms with Gasteiger partial charge in [0.15, 0.2) is 0 Å². The minimum atomic E-state index is -2.77. The van der Waals surface area contributed by atoms with E-state index >= 15 is 0 Å². The van der Waals surface area contributed by atoms with E-state index in [-0.39, 0.29) is 11.2 Å². The van der Waals surface area contributed by atoms with E-state index in [0.29, 0.717) is 5.92 Å². The first-order valence-corrected chi connectivity index (χ1v) is 5.70. The molecule has 0 aliphatic carbocycles. The monoisotopic (exact) mass is 241 g/mol. The molecule has 94 valence electrons. The maximum Gasteiger partial charge on any atom is 0.387 e. The van der Waals surface area contributed by atoms with Crippen LogP contribution in [0.25, 0.3) is 0 Å². The normalized spacial score (nSPS) is 19.1. The molecule has 0 amide bonds. The van der Waals surface area contributed by atoms with E-state index < -0.39 is 6.61 Å². The highest BCUT2D eigenvalue weighted by atomic mass is 19.3. The van der Waals surface area contributed by atoms with Gasteiger partial charge < -0.3 is 10.1 Å². The zero-order chi connectivity index (χ0) is 12.6. The van der Waals surface area contributed by atoms with Crippen molar-refractivity contribution in [2.75, 3.05) is 11.9 Å². The average molecular weight is 241 g/mol. The van der Waals surface area contributed by atoms with Crippen molar-refractivity contribution in [3.8, 4) is 5.75 Å². The zero-order valence-electron chi connectivity index (χ0n) is 10.3. The van der Waals surface area contributed by atoms with Crippen LogP contribution in [0.5, 0.6) is 5.75 Å². The molecule has 0 spiro atoms. The summed E-state index contributed by atoms with van der Waals surface area (Å²) in [7, 11) is 0. The minimum absolute atomic E-state index is 0.0989. The molecular weight excluding hydrogens is 224 g/mol. The lowest BCUT2D eigenvalue weighted by molar-refractivity contribution is -0.0498. The smallest absolute Gasteiger partial charge is 0.387 e. The van der Waals surface area contributed by atoms with Gasteiger partial charge in [-0.3, -0.25) is 0 Å². The second-order valence-corrected chi connectivity index (χ2v) is 5.43. The summed E-state index contributed by atoms with van der Waals surface area (Å²) in [6, 6.07) is 5.10. The summed E-state index contributed by atoms with van der Waals surface area (Å²) in [5.41, 5.74) is 2.18. The predicted molar refractivity (Wildman–Crippen MR) is 63.8 cm³/mol. The fraction of sp³-hybridized carbons (Fsp3) is 0.538. The van der Waals surface area contributed by atoms with Crippen molar-refractivity contribution in [2.24, 2.45) is 5.41 Å². The SMILES string of the molecule is CC(C)(C)C1CNc2ccc(OC(F)F)cc21. The van der Waals surface area contributed by atoms with Crippen LogP contribution in [-0.2, 0) is 0 Å². The van der Waals surface area contributed by atoms with Crippen molar-refractivity contribution in [3.05, 3.63) is 23.8 Å². The molecule has 17 heavy (non-hydrogen) atoms. The number of nitrogens with one attached hydrogen (secondary N) is 1. The number of rotatable bonds is 2. The van der Waals surface area contributed by atoms with Gasteiger partial charge in [0, 0.05) is 18.2 Å². The minimum Gasteiger partial charge on any atom is -0.435 e. The van der Waals surface area contributed by atoms with Gasteiger partial charge >= 0.3 is 6.61 Å². The lowest BCUT2D eigenvalue weighted by atomic mass is 9.78. The molecule has 4 heteroatoms. The van der Waals surface area contributed by atoms with Crippen LogP contribution in [0.2, 0.25) is 0 Å². The molecule has 0 bridgehead atoms. The van der Waals surface area contributed by atoms with Crippen LogP contribution in [0, 0.1) is 5.41 Å². The van der Waals surface area contributed by atoms with Crippen LogP contribution in [0.3, 0.4) is 0 Å². The molecule has 0 fully saturated rings. The number of benzene rings is 1. The van der Waals surface area contributed by atoms with Crippen LogP contribution >= 0.6 is 0 Å². The van der Waals surface area contributed by atoms with Gasteiger partial charge in [-0.15, -0.1) is 0 Å². The molecule has 0 saturated carbocycles. The van der Waals surface area contributed by atoms with E-state index in [0.717, 1.165) is 17.8 Å². The fourth-order valence-corrected chi connectivity index (χ4v) is 2.26. The van der Waals surface area contributed by atoms with Crippen molar-refractivity contribution < 1.29 is 13.5 Å². The van der Waals surface area contributed by atoms with Crippen LogP contribution in [-0.4, -0.2) is 13.2 Å². The standard InChI is InChI=1S/C13H17F2NO/c1-13(2,3)10-7-16-11-5-4-8(6-9(10)11)17-12(14)15/h4-6,10,12,16H,7H2,1-3H3. The van der Waals surface area contributed by atoms with Gasteiger partial charge in [0.2, 0.25) is 0 Å². The highest BCUT2D eigenvalue weighted by molar-refractivity contribution is 5.60. The second kappa shape index (κ2) is 4.17. The number of alkyl halides is 2. The molecular formula is C13H17F2NO. The lowest BCUT2D eigenvalue weighted by Gasteiger charge is -2.26. The van der Waals surface area contributed by atoms with E-state index in [4.69, 9.17) is 0 Å². The summed E-state index contributed by atoms with van der Waals surface area (Å²) in [4.78, 5) is 0. The van der Waals surface area contributed by atoms with Crippen LogP contribution in [0.15, 0.2) is 18.2 Å². The Morgan fingerprint density at radius 1 is 1.35 bits per heavy atom. The zero-order valence-corrected chi connectivity index (χ0v) is 10.3.